The third-order valence-electron chi connectivity index (χ3n) is 5.63. The summed E-state index contributed by atoms with van der Waals surface area (Å²) in [5, 5.41) is 9.78. The van der Waals surface area contributed by atoms with E-state index in [0.29, 0.717) is 22.7 Å². The molecule has 0 saturated carbocycles. The van der Waals surface area contributed by atoms with Crippen molar-refractivity contribution in [1.29, 1.82) is 0 Å². The number of carbonyl (C=O) groups excluding carboxylic acids is 1. The minimum absolute atomic E-state index is 0.108. The first-order valence-electron chi connectivity index (χ1n) is 10.2. The quantitative estimate of drug-likeness (QED) is 0.553. The van der Waals surface area contributed by atoms with Gasteiger partial charge in [-0.3, -0.25) is 4.79 Å². The molecule has 3 aromatic rings. The molecule has 2 N–H and O–H groups in total. The molecule has 0 spiro atoms. The lowest BCUT2D eigenvalue weighted by atomic mass is 9.96. The SMILES string of the molecule is COc1ccc([C@H]2C[C@@H](C(F)(F)F)n3nc(C(=O)Nc4ccccc4C)cc3N2)cc1OC. The summed E-state index contributed by atoms with van der Waals surface area (Å²) in [6.45, 7) is 1.82. The number of methoxy groups -OCH3 is 2. The molecule has 0 radical (unpaired) electrons. The zero-order chi connectivity index (χ0) is 23.8. The number of fused-ring (bicyclic) bond motifs is 1. The Bertz CT molecular complexity index is 1180. The maximum absolute atomic E-state index is 13.9. The van der Waals surface area contributed by atoms with E-state index in [4.69, 9.17) is 9.47 Å². The number of alkyl halides is 3. The number of nitrogens with zero attached hydrogens (tertiary/aromatic N) is 2. The molecule has 1 aliphatic rings. The molecule has 2 aromatic carbocycles. The fourth-order valence-electron chi connectivity index (χ4n) is 3.87. The summed E-state index contributed by atoms with van der Waals surface area (Å²) in [7, 11) is 2.95. The molecule has 2 atom stereocenters. The molecule has 2 heterocycles. The Hall–Kier alpha value is -3.69. The Kier molecular flexibility index (Phi) is 5.92. The number of carbonyl (C=O) groups is 1. The van der Waals surface area contributed by atoms with Gasteiger partial charge in [-0.05, 0) is 36.2 Å². The Balaban J connectivity index is 1.66. The van der Waals surface area contributed by atoms with Crippen LogP contribution in [0.25, 0.3) is 0 Å². The maximum atomic E-state index is 13.9. The van der Waals surface area contributed by atoms with Crippen molar-refractivity contribution in [2.75, 3.05) is 24.9 Å². The number of amides is 1. The van der Waals surface area contributed by atoms with Gasteiger partial charge in [-0.15, -0.1) is 0 Å². The van der Waals surface area contributed by atoms with Crippen LogP contribution in [0.15, 0.2) is 48.5 Å². The molecule has 174 valence electrons. The average molecular weight is 460 g/mol. The van der Waals surface area contributed by atoms with Gasteiger partial charge < -0.3 is 20.1 Å². The van der Waals surface area contributed by atoms with Crippen LogP contribution in [-0.4, -0.2) is 36.1 Å². The third kappa shape index (κ3) is 4.46. The second-order valence-corrected chi connectivity index (χ2v) is 7.73. The lowest BCUT2D eigenvalue weighted by Crippen LogP contribution is -2.35. The Morgan fingerprint density at radius 2 is 1.85 bits per heavy atom. The smallest absolute Gasteiger partial charge is 0.410 e. The number of benzene rings is 2. The molecule has 1 aliphatic heterocycles. The average Bonchev–Trinajstić information content (AvgIpc) is 3.23. The number of aryl methyl sites for hydroxylation is 1. The molecular weight excluding hydrogens is 437 g/mol. The summed E-state index contributed by atoms with van der Waals surface area (Å²) in [6.07, 6.45) is -4.85. The third-order valence-corrected chi connectivity index (χ3v) is 5.63. The summed E-state index contributed by atoms with van der Waals surface area (Å²) in [6, 6.07) is 10.9. The van der Waals surface area contributed by atoms with E-state index in [-0.39, 0.29) is 17.9 Å². The highest BCUT2D eigenvalue weighted by Crippen LogP contribution is 2.44. The van der Waals surface area contributed by atoms with Crippen molar-refractivity contribution in [2.45, 2.75) is 31.6 Å². The molecule has 0 bridgehead atoms. The number of rotatable bonds is 5. The van der Waals surface area contributed by atoms with Crippen LogP contribution >= 0.6 is 0 Å². The second kappa shape index (κ2) is 8.68. The lowest BCUT2D eigenvalue weighted by molar-refractivity contribution is -0.173. The molecule has 0 fully saturated rings. The maximum Gasteiger partial charge on any atom is 0.410 e. The highest BCUT2D eigenvalue weighted by atomic mass is 19.4. The first kappa shape index (κ1) is 22.5. The van der Waals surface area contributed by atoms with Gasteiger partial charge in [0.25, 0.3) is 5.91 Å². The van der Waals surface area contributed by atoms with E-state index in [1.165, 1.54) is 20.3 Å². The molecule has 1 amide bonds. The fraction of sp³-hybridized carbons (Fsp3) is 0.304. The molecular formula is C23H23F3N4O3. The molecule has 0 unspecified atom stereocenters. The van der Waals surface area contributed by atoms with Gasteiger partial charge in [-0.25, -0.2) is 4.68 Å². The molecule has 33 heavy (non-hydrogen) atoms. The summed E-state index contributed by atoms with van der Waals surface area (Å²) in [5.74, 6) is 0.414. The van der Waals surface area contributed by atoms with Gasteiger partial charge in [-0.1, -0.05) is 24.3 Å². The van der Waals surface area contributed by atoms with Crippen LogP contribution in [-0.2, 0) is 0 Å². The summed E-state index contributed by atoms with van der Waals surface area (Å²) >= 11 is 0. The molecule has 4 rings (SSSR count). The van der Waals surface area contributed by atoms with Crippen molar-refractivity contribution in [3.63, 3.8) is 0 Å². The number of halogens is 3. The molecule has 7 nitrogen and oxygen atoms in total. The van der Waals surface area contributed by atoms with Gasteiger partial charge in [-0.2, -0.15) is 18.3 Å². The zero-order valence-electron chi connectivity index (χ0n) is 18.2. The van der Waals surface area contributed by atoms with E-state index < -0.39 is 24.2 Å². The number of anilines is 2. The predicted molar refractivity (Wildman–Crippen MR) is 117 cm³/mol. The zero-order valence-corrected chi connectivity index (χ0v) is 18.2. The van der Waals surface area contributed by atoms with Gasteiger partial charge in [0.2, 0.25) is 0 Å². The van der Waals surface area contributed by atoms with Crippen LogP contribution in [0, 0.1) is 6.92 Å². The monoisotopic (exact) mass is 460 g/mol. The largest absolute Gasteiger partial charge is 0.493 e. The van der Waals surface area contributed by atoms with Crippen molar-refractivity contribution in [3.05, 3.63) is 65.4 Å². The second-order valence-electron chi connectivity index (χ2n) is 7.73. The van der Waals surface area contributed by atoms with Gasteiger partial charge in [0.15, 0.2) is 23.2 Å². The van der Waals surface area contributed by atoms with E-state index in [1.54, 1.807) is 30.3 Å². The number of hydrogen-bond acceptors (Lipinski definition) is 5. The van der Waals surface area contributed by atoms with Gasteiger partial charge in [0, 0.05) is 18.2 Å². The normalized spacial score (nSPS) is 17.6. The highest BCUT2D eigenvalue weighted by molar-refractivity contribution is 6.03. The number of ether oxygens (including phenoxy) is 2. The van der Waals surface area contributed by atoms with Crippen LogP contribution in [0.4, 0.5) is 24.7 Å². The first-order chi connectivity index (χ1) is 15.7. The van der Waals surface area contributed by atoms with Crippen molar-refractivity contribution < 1.29 is 27.4 Å². The van der Waals surface area contributed by atoms with Gasteiger partial charge in [0.1, 0.15) is 5.82 Å². The minimum Gasteiger partial charge on any atom is -0.493 e. The van der Waals surface area contributed by atoms with Crippen LogP contribution in [0.2, 0.25) is 0 Å². The highest BCUT2D eigenvalue weighted by Gasteiger charge is 2.47. The fourth-order valence-corrected chi connectivity index (χ4v) is 3.87. The Morgan fingerprint density at radius 3 is 2.52 bits per heavy atom. The van der Waals surface area contributed by atoms with E-state index in [1.807, 2.05) is 19.1 Å². The van der Waals surface area contributed by atoms with Crippen LogP contribution in [0.3, 0.4) is 0 Å². The van der Waals surface area contributed by atoms with E-state index in [9.17, 15) is 18.0 Å². The van der Waals surface area contributed by atoms with E-state index >= 15 is 0 Å². The topological polar surface area (TPSA) is 77.4 Å². The van der Waals surface area contributed by atoms with Crippen molar-refractivity contribution in [1.82, 2.24) is 9.78 Å². The van der Waals surface area contributed by atoms with Crippen LogP contribution in [0.5, 0.6) is 11.5 Å². The standard InChI is InChI=1S/C23H23F3N4O3/c1-13-6-4-5-7-15(13)28-22(31)17-12-21-27-16(11-20(23(24,25)26)30(21)29-17)14-8-9-18(32-2)19(10-14)33-3/h4-10,12,16,20,27H,11H2,1-3H3,(H,28,31)/t16-,20+/m1/s1. The van der Waals surface area contributed by atoms with Gasteiger partial charge in [0.05, 0.1) is 20.3 Å². The van der Waals surface area contributed by atoms with Crippen LogP contribution in [0.1, 0.15) is 40.1 Å². The first-order valence-corrected chi connectivity index (χ1v) is 10.2. The Morgan fingerprint density at radius 1 is 1.12 bits per heavy atom. The van der Waals surface area contributed by atoms with Crippen molar-refractivity contribution in [3.8, 4) is 11.5 Å². The number of aromatic nitrogens is 2. The van der Waals surface area contributed by atoms with Crippen LogP contribution < -0.4 is 20.1 Å². The summed E-state index contributed by atoms with van der Waals surface area (Å²) in [4.78, 5) is 12.7. The number of para-hydroxylation sites is 1. The molecule has 0 aliphatic carbocycles. The van der Waals surface area contributed by atoms with E-state index in [2.05, 4.69) is 15.7 Å². The molecule has 10 heteroatoms. The molecule has 1 aromatic heterocycles. The lowest BCUT2D eigenvalue weighted by Gasteiger charge is -2.33. The predicted octanol–water partition coefficient (Wildman–Crippen LogP) is 5.12. The van der Waals surface area contributed by atoms with Crippen molar-refractivity contribution in [2.24, 2.45) is 0 Å². The van der Waals surface area contributed by atoms with Crippen molar-refractivity contribution >= 4 is 17.4 Å². The number of nitrogens with one attached hydrogen (secondary N) is 2. The summed E-state index contributed by atoms with van der Waals surface area (Å²) < 4.78 is 53.2. The molecule has 0 saturated heterocycles. The number of hydrogen-bond donors (Lipinski definition) is 2. The Labute approximate surface area is 188 Å². The summed E-state index contributed by atoms with van der Waals surface area (Å²) in [5.41, 5.74) is 1.88. The van der Waals surface area contributed by atoms with Gasteiger partial charge >= 0.3 is 6.18 Å². The van der Waals surface area contributed by atoms with E-state index in [0.717, 1.165) is 10.2 Å². The minimum atomic E-state index is -4.55.